The van der Waals surface area contributed by atoms with Crippen LogP contribution in [0.2, 0.25) is 5.02 Å². The molecular weight excluding hydrogens is 408 g/mol. The molecule has 0 aromatic carbocycles. The molecule has 1 saturated heterocycles. The number of rotatable bonds is 6. The Morgan fingerprint density at radius 1 is 1.33 bits per heavy atom. The minimum Gasteiger partial charge on any atom is -0.351 e. The van der Waals surface area contributed by atoms with Crippen molar-refractivity contribution in [2.45, 2.75) is 31.7 Å². The first-order valence-electron chi connectivity index (χ1n) is 9.67. The van der Waals surface area contributed by atoms with Crippen molar-refractivity contribution in [1.82, 2.24) is 40.4 Å². The van der Waals surface area contributed by atoms with E-state index in [1.165, 1.54) is 0 Å². The van der Waals surface area contributed by atoms with Gasteiger partial charge >= 0.3 is 0 Å². The van der Waals surface area contributed by atoms with Crippen LogP contribution in [0.5, 0.6) is 0 Å². The third-order valence-electron chi connectivity index (χ3n) is 5.38. The zero-order chi connectivity index (χ0) is 21.3. The lowest BCUT2D eigenvalue weighted by Crippen LogP contribution is -2.40. The van der Waals surface area contributed by atoms with Gasteiger partial charge in [-0.25, -0.2) is 0 Å². The second kappa shape index (κ2) is 8.31. The summed E-state index contributed by atoms with van der Waals surface area (Å²) in [6.45, 7) is 2.58. The number of H-pyrrole nitrogens is 2. The average molecular weight is 431 g/mol. The molecule has 4 heterocycles. The van der Waals surface area contributed by atoms with Gasteiger partial charge in [-0.3, -0.25) is 24.5 Å². The Kier molecular flexibility index (Phi) is 5.58. The summed E-state index contributed by atoms with van der Waals surface area (Å²) in [6, 6.07) is -0.228. The molecule has 1 aliphatic rings. The van der Waals surface area contributed by atoms with Gasteiger partial charge in [0.15, 0.2) is 5.69 Å². The molecule has 0 saturated carbocycles. The number of aromatic amines is 2. The first kappa shape index (κ1) is 20.1. The van der Waals surface area contributed by atoms with Gasteiger partial charge in [-0.1, -0.05) is 11.6 Å². The molecule has 10 nitrogen and oxygen atoms in total. The van der Waals surface area contributed by atoms with Crippen molar-refractivity contribution in [3.05, 3.63) is 52.3 Å². The highest BCUT2D eigenvalue weighted by Gasteiger charge is 2.39. The lowest BCUT2D eigenvalue weighted by molar-refractivity contribution is -0.121. The van der Waals surface area contributed by atoms with E-state index in [1.54, 1.807) is 35.1 Å². The van der Waals surface area contributed by atoms with Gasteiger partial charge < -0.3 is 10.2 Å². The molecule has 1 aliphatic heterocycles. The summed E-state index contributed by atoms with van der Waals surface area (Å²) in [6.07, 6.45) is 8.10. The number of hydrogen-bond acceptors (Lipinski definition) is 5. The summed E-state index contributed by atoms with van der Waals surface area (Å²) >= 11 is 6.22. The Morgan fingerprint density at radius 2 is 2.17 bits per heavy atom. The van der Waals surface area contributed by atoms with Gasteiger partial charge in [0.1, 0.15) is 0 Å². The molecule has 2 atom stereocenters. The van der Waals surface area contributed by atoms with Crippen LogP contribution in [0.25, 0.3) is 0 Å². The maximum atomic E-state index is 13.0. The lowest BCUT2D eigenvalue weighted by atomic mass is 9.97. The summed E-state index contributed by atoms with van der Waals surface area (Å²) in [5.41, 5.74) is 2.79. The number of likely N-dealkylation sites (tertiary alicyclic amines) is 1. The van der Waals surface area contributed by atoms with E-state index >= 15 is 0 Å². The fraction of sp³-hybridized carbons (Fsp3) is 0.421. The number of halogens is 1. The van der Waals surface area contributed by atoms with Gasteiger partial charge in [0, 0.05) is 44.9 Å². The highest BCUT2D eigenvalue weighted by molar-refractivity contribution is 6.34. The number of hydrogen-bond donors (Lipinski definition) is 3. The van der Waals surface area contributed by atoms with Crippen LogP contribution in [0.1, 0.15) is 39.6 Å². The Hall–Kier alpha value is -3.14. The van der Waals surface area contributed by atoms with Crippen molar-refractivity contribution in [3.8, 4) is 0 Å². The zero-order valence-corrected chi connectivity index (χ0v) is 17.5. The molecule has 2 amide bonds. The molecule has 1 fully saturated rings. The van der Waals surface area contributed by atoms with Crippen LogP contribution in [0.15, 0.2) is 24.8 Å². The minimum atomic E-state index is -0.256. The van der Waals surface area contributed by atoms with E-state index in [2.05, 4.69) is 30.8 Å². The minimum absolute atomic E-state index is 0.0701. The quantitative estimate of drug-likeness (QED) is 0.541. The molecule has 3 aromatic rings. The molecule has 3 aromatic heterocycles. The first-order chi connectivity index (χ1) is 14.4. The summed E-state index contributed by atoms with van der Waals surface area (Å²) in [5, 5.41) is 21.1. The SMILES string of the molecule is Cc1[nH]nc(C(=O)N2C[C@@H](NC(=O)CCc3cn[nH]c3)[C@H](c3cnn(C)c3)C2)c1Cl. The Balaban J connectivity index is 1.48. The van der Waals surface area contributed by atoms with Crippen molar-refractivity contribution in [2.75, 3.05) is 13.1 Å². The standard InChI is InChI=1S/C19H23ClN8O2/c1-11-17(20)18(26-25-11)19(30)28-9-14(13-7-23-27(2)8-13)15(10-28)24-16(29)4-3-12-5-21-22-6-12/h5-8,14-15H,3-4,9-10H2,1-2H3,(H,21,22)(H,24,29)(H,25,26)/t14-,15+/m0/s1. The van der Waals surface area contributed by atoms with Crippen LogP contribution in [-0.2, 0) is 18.3 Å². The maximum absolute atomic E-state index is 13.0. The predicted octanol–water partition coefficient (Wildman–Crippen LogP) is 1.19. The Morgan fingerprint density at radius 3 is 2.80 bits per heavy atom. The van der Waals surface area contributed by atoms with Crippen molar-refractivity contribution < 1.29 is 9.59 Å². The Labute approximate surface area is 178 Å². The van der Waals surface area contributed by atoms with Crippen LogP contribution in [0, 0.1) is 6.92 Å². The Bertz CT molecular complexity index is 1040. The normalized spacial score (nSPS) is 18.7. The molecule has 3 N–H and O–H groups in total. The summed E-state index contributed by atoms with van der Waals surface area (Å²) in [4.78, 5) is 27.2. The van der Waals surface area contributed by atoms with E-state index < -0.39 is 0 Å². The molecule has 0 radical (unpaired) electrons. The van der Waals surface area contributed by atoms with Gasteiger partial charge in [0.2, 0.25) is 5.91 Å². The predicted molar refractivity (Wildman–Crippen MR) is 109 cm³/mol. The van der Waals surface area contributed by atoms with Crippen LogP contribution < -0.4 is 5.32 Å². The molecule has 0 aliphatic carbocycles. The molecule has 0 spiro atoms. The van der Waals surface area contributed by atoms with Gasteiger partial charge in [0.25, 0.3) is 5.91 Å². The first-order valence-corrected chi connectivity index (χ1v) is 10.1. The zero-order valence-electron chi connectivity index (χ0n) is 16.7. The van der Waals surface area contributed by atoms with E-state index in [4.69, 9.17) is 11.6 Å². The van der Waals surface area contributed by atoms with E-state index in [1.807, 2.05) is 13.2 Å². The maximum Gasteiger partial charge on any atom is 0.276 e. The van der Waals surface area contributed by atoms with Crippen LogP contribution in [-0.4, -0.2) is 66.0 Å². The van der Waals surface area contributed by atoms with Crippen LogP contribution in [0.4, 0.5) is 0 Å². The van der Waals surface area contributed by atoms with Crippen molar-refractivity contribution in [1.29, 1.82) is 0 Å². The molecule has 4 rings (SSSR count). The smallest absolute Gasteiger partial charge is 0.276 e. The number of carbonyl (C=O) groups excluding carboxylic acids is 2. The van der Waals surface area contributed by atoms with E-state index in [-0.39, 0.29) is 29.5 Å². The fourth-order valence-corrected chi connectivity index (χ4v) is 3.91. The average Bonchev–Trinajstić information content (AvgIpc) is 3.50. The second-order valence-corrected chi connectivity index (χ2v) is 7.93. The largest absolute Gasteiger partial charge is 0.351 e. The number of aromatic nitrogens is 6. The van der Waals surface area contributed by atoms with Gasteiger partial charge in [-0.05, 0) is 24.5 Å². The van der Waals surface area contributed by atoms with E-state index in [0.717, 1.165) is 11.1 Å². The number of nitrogens with zero attached hydrogens (tertiary/aromatic N) is 5. The molecule has 11 heteroatoms. The number of aryl methyl sites for hydroxylation is 3. The van der Waals surface area contributed by atoms with Gasteiger partial charge in [-0.2, -0.15) is 15.3 Å². The fourth-order valence-electron chi connectivity index (χ4n) is 3.74. The molecule has 30 heavy (non-hydrogen) atoms. The van der Waals surface area contributed by atoms with Gasteiger partial charge in [0.05, 0.1) is 29.2 Å². The van der Waals surface area contributed by atoms with Gasteiger partial charge in [-0.15, -0.1) is 0 Å². The lowest BCUT2D eigenvalue weighted by Gasteiger charge is -2.18. The topological polar surface area (TPSA) is 125 Å². The van der Waals surface area contributed by atoms with Crippen LogP contribution in [0.3, 0.4) is 0 Å². The van der Waals surface area contributed by atoms with E-state index in [0.29, 0.717) is 36.6 Å². The number of nitrogens with one attached hydrogen (secondary N) is 3. The number of amides is 2. The highest BCUT2D eigenvalue weighted by Crippen LogP contribution is 2.30. The second-order valence-electron chi connectivity index (χ2n) is 7.56. The molecule has 0 unspecified atom stereocenters. The highest BCUT2D eigenvalue weighted by atomic mass is 35.5. The van der Waals surface area contributed by atoms with Crippen molar-refractivity contribution in [2.24, 2.45) is 7.05 Å². The summed E-state index contributed by atoms with van der Waals surface area (Å²) in [5.74, 6) is -0.397. The number of carbonyl (C=O) groups is 2. The molecular formula is C19H23ClN8O2. The monoisotopic (exact) mass is 430 g/mol. The summed E-state index contributed by atoms with van der Waals surface area (Å²) < 4.78 is 1.71. The molecule has 0 bridgehead atoms. The van der Waals surface area contributed by atoms with Crippen molar-refractivity contribution in [3.63, 3.8) is 0 Å². The molecule has 158 valence electrons. The third-order valence-corrected chi connectivity index (χ3v) is 5.84. The van der Waals surface area contributed by atoms with E-state index in [9.17, 15) is 9.59 Å². The summed E-state index contributed by atoms with van der Waals surface area (Å²) in [7, 11) is 1.84. The third kappa shape index (κ3) is 4.09. The van der Waals surface area contributed by atoms with Crippen molar-refractivity contribution >= 4 is 23.4 Å². The van der Waals surface area contributed by atoms with Crippen LogP contribution >= 0.6 is 11.6 Å².